The molecule has 1 N–H and O–H groups in total. The molecule has 27 heavy (non-hydrogen) atoms. The maximum Gasteiger partial charge on any atom is 0.291 e. The largest absolute Gasteiger partial charge is 0.451 e. The van der Waals surface area contributed by atoms with E-state index in [1.54, 1.807) is 18.2 Å². The highest BCUT2D eigenvalue weighted by atomic mass is 79.9. The van der Waals surface area contributed by atoms with Crippen molar-refractivity contribution in [2.45, 2.75) is 12.8 Å². The van der Waals surface area contributed by atoms with Gasteiger partial charge in [0.25, 0.3) is 5.91 Å². The van der Waals surface area contributed by atoms with Crippen molar-refractivity contribution in [1.82, 2.24) is 0 Å². The average molecular weight is 446 g/mol. The number of furan rings is 1. The lowest BCUT2D eigenvalue weighted by molar-refractivity contribution is 0.0997. The smallest absolute Gasteiger partial charge is 0.291 e. The van der Waals surface area contributed by atoms with Gasteiger partial charge in [0.05, 0.1) is 10.7 Å². The van der Waals surface area contributed by atoms with Gasteiger partial charge in [0.2, 0.25) is 0 Å². The number of carbonyl (C=O) groups excluding carboxylic acids is 1. The highest BCUT2D eigenvalue weighted by Gasteiger charge is 2.17. The van der Waals surface area contributed by atoms with E-state index < -0.39 is 0 Å². The quantitative estimate of drug-likeness (QED) is 0.519. The van der Waals surface area contributed by atoms with Crippen LogP contribution < -0.4 is 10.2 Å². The molecule has 1 fully saturated rings. The second-order valence-corrected chi connectivity index (χ2v) is 7.81. The van der Waals surface area contributed by atoms with E-state index in [2.05, 4.69) is 26.1 Å². The first-order chi connectivity index (χ1) is 13.1. The Morgan fingerprint density at radius 1 is 1.04 bits per heavy atom. The van der Waals surface area contributed by atoms with Crippen LogP contribution in [0.5, 0.6) is 0 Å². The molecule has 1 amide bonds. The van der Waals surface area contributed by atoms with Gasteiger partial charge in [-0.2, -0.15) is 0 Å². The molecule has 0 bridgehead atoms. The highest BCUT2D eigenvalue weighted by molar-refractivity contribution is 9.10. The first-order valence-corrected chi connectivity index (χ1v) is 9.99. The fraction of sp³-hybridized carbons (Fsp3) is 0.190. The molecular weight excluding hydrogens is 428 g/mol. The van der Waals surface area contributed by atoms with Crippen molar-refractivity contribution in [2.75, 3.05) is 23.3 Å². The Bertz CT molecular complexity index is 963. The second-order valence-electron chi connectivity index (χ2n) is 6.49. The molecule has 138 valence electrons. The van der Waals surface area contributed by atoms with Gasteiger partial charge in [-0.1, -0.05) is 39.7 Å². The first kappa shape index (κ1) is 18.1. The summed E-state index contributed by atoms with van der Waals surface area (Å²) in [4.78, 5) is 14.8. The van der Waals surface area contributed by atoms with E-state index in [9.17, 15) is 4.79 Å². The Labute approximate surface area is 171 Å². The second kappa shape index (κ2) is 7.79. The van der Waals surface area contributed by atoms with Gasteiger partial charge in [0, 0.05) is 28.8 Å². The van der Waals surface area contributed by atoms with E-state index in [-0.39, 0.29) is 11.7 Å². The summed E-state index contributed by atoms with van der Waals surface area (Å²) >= 11 is 9.82. The lowest BCUT2D eigenvalue weighted by Gasteiger charge is -2.19. The van der Waals surface area contributed by atoms with Crippen LogP contribution in [0.15, 0.2) is 63.5 Å². The number of hydrogen-bond donors (Lipinski definition) is 1. The lowest BCUT2D eigenvalue weighted by atomic mass is 10.2. The standard InChI is InChI=1S/C21H18BrClN2O2/c22-15-5-3-14(4-6-15)19-9-10-20(27-19)21(26)24-16-7-8-18(17(23)13-16)25-11-1-2-12-25/h3-10,13H,1-2,11-12H2,(H,24,26). The molecule has 0 radical (unpaired) electrons. The molecule has 2 heterocycles. The van der Waals surface area contributed by atoms with Gasteiger partial charge < -0.3 is 14.6 Å². The summed E-state index contributed by atoms with van der Waals surface area (Å²) in [7, 11) is 0. The Hall–Kier alpha value is -2.24. The molecule has 1 aliphatic heterocycles. The third-order valence-electron chi connectivity index (χ3n) is 4.61. The van der Waals surface area contributed by atoms with Crippen molar-refractivity contribution < 1.29 is 9.21 Å². The van der Waals surface area contributed by atoms with Gasteiger partial charge in [-0.3, -0.25) is 4.79 Å². The summed E-state index contributed by atoms with van der Waals surface area (Å²) in [6.07, 6.45) is 2.38. The van der Waals surface area contributed by atoms with Crippen LogP contribution in [-0.4, -0.2) is 19.0 Å². The van der Waals surface area contributed by atoms with Gasteiger partial charge in [-0.05, 0) is 55.3 Å². The minimum absolute atomic E-state index is 0.257. The molecule has 1 aromatic heterocycles. The topological polar surface area (TPSA) is 45.5 Å². The summed E-state index contributed by atoms with van der Waals surface area (Å²) in [5.74, 6) is 0.603. The summed E-state index contributed by atoms with van der Waals surface area (Å²) in [6, 6.07) is 16.8. The minimum Gasteiger partial charge on any atom is -0.451 e. The Balaban J connectivity index is 1.47. The van der Waals surface area contributed by atoms with E-state index in [0.717, 1.165) is 28.8 Å². The normalized spacial score (nSPS) is 13.8. The molecule has 0 unspecified atom stereocenters. The van der Waals surface area contributed by atoms with Crippen molar-refractivity contribution >= 4 is 44.8 Å². The van der Waals surface area contributed by atoms with Crippen LogP contribution in [0.1, 0.15) is 23.4 Å². The van der Waals surface area contributed by atoms with E-state index in [1.807, 2.05) is 36.4 Å². The summed E-state index contributed by atoms with van der Waals surface area (Å²) in [6.45, 7) is 2.05. The number of rotatable bonds is 4. The fourth-order valence-electron chi connectivity index (χ4n) is 3.22. The van der Waals surface area contributed by atoms with Crippen LogP contribution in [-0.2, 0) is 0 Å². The summed E-state index contributed by atoms with van der Waals surface area (Å²) in [5, 5.41) is 3.49. The van der Waals surface area contributed by atoms with Crippen molar-refractivity contribution in [1.29, 1.82) is 0 Å². The predicted molar refractivity (Wildman–Crippen MR) is 113 cm³/mol. The maximum atomic E-state index is 12.5. The molecule has 0 saturated carbocycles. The molecule has 4 nitrogen and oxygen atoms in total. The summed E-state index contributed by atoms with van der Waals surface area (Å²) in [5.41, 5.74) is 2.58. The zero-order valence-corrected chi connectivity index (χ0v) is 16.9. The molecule has 0 atom stereocenters. The Morgan fingerprint density at radius 3 is 2.48 bits per heavy atom. The molecule has 6 heteroatoms. The monoisotopic (exact) mass is 444 g/mol. The number of halogens is 2. The first-order valence-electron chi connectivity index (χ1n) is 8.82. The van der Waals surface area contributed by atoms with E-state index in [0.29, 0.717) is 16.5 Å². The third-order valence-corrected chi connectivity index (χ3v) is 5.44. The molecule has 1 saturated heterocycles. The number of amides is 1. The van der Waals surface area contributed by atoms with Crippen LogP contribution in [0.2, 0.25) is 5.02 Å². The van der Waals surface area contributed by atoms with Gasteiger partial charge in [-0.15, -0.1) is 0 Å². The van der Waals surface area contributed by atoms with Gasteiger partial charge >= 0.3 is 0 Å². The number of hydrogen-bond acceptors (Lipinski definition) is 3. The Kier molecular flexibility index (Phi) is 5.23. The number of nitrogens with one attached hydrogen (secondary N) is 1. The molecule has 1 aliphatic rings. The van der Waals surface area contributed by atoms with E-state index in [1.165, 1.54) is 12.8 Å². The molecular formula is C21H18BrClN2O2. The van der Waals surface area contributed by atoms with E-state index >= 15 is 0 Å². The third kappa shape index (κ3) is 4.04. The zero-order chi connectivity index (χ0) is 18.8. The van der Waals surface area contributed by atoms with Gasteiger partial charge in [0.15, 0.2) is 5.76 Å². The number of benzene rings is 2. The summed E-state index contributed by atoms with van der Waals surface area (Å²) < 4.78 is 6.70. The zero-order valence-electron chi connectivity index (χ0n) is 14.5. The SMILES string of the molecule is O=C(Nc1ccc(N2CCCC2)c(Cl)c1)c1ccc(-c2ccc(Br)cc2)o1. The lowest BCUT2D eigenvalue weighted by Crippen LogP contribution is -2.18. The van der Waals surface area contributed by atoms with Gasteiger partial charge in [-0.25, -0.2) is 0 Å². The number of anilines is 2. The van der Waals surface area contributed by atoms with Crippen LogP contribution in [0.25, 0.3) is 11.3 Å². The fourth-order valence-corrected chi connectivity index (χ4v) is 3.79. The van der Waals surface area contributed by atoms with Crippen molar-refractivity contribution in [3.05, 3.63) is 69.9 Å². The van der Waals surface area contributed by atoms with Crippen molar-refractivity contribution in [2.24, 2.45) is 0 Å². The molecule has 0 aliphatic carbocycles. The van der Waals surface area contributed by atoms with Crippen LogP contribution in [0.4, 0.5) is 11.4 Å². The maximum absolute atomic E-state index is 12.5. The average Bonchev–Trinajstić information content (AvgIpc) is 3.35. The van der Waals surface area contributed by atoms with E-state index in [4.69, 9.17) is 16.0 Å². The number of carbonyl (C=O) groups is 1. The van der Waals surface area contributed by atoms with Crippen LogP contribution in [0.3, 0.4) is 0 Å². The molecule has 2 aromatic carbocycles. The van der Waals surface area contributed by atoms with Crippen LogP contribution in [0, 0.1) is 0 Å². The molecule has 0 spiro atoms. The number of nitrogens with zero attached hydrogens (tertiary/aromatic N) is 1. The van der Waals surface area contributed by atoms with Gasteiger partial charge in [0.1, 0.15) is 5.76 Å². The molecule has 3 aromatic rings. The van der Waals surface area contributed by atoms with Crippen LogP contribution >= 0.6 is 27.5 Å². The molecule has 4 rings (SSSR count). The Morgan fingerprint density at radius 2 is 1.78 bits per heavy atom. The minimum atomic E-state index is -0.302. The van der Waals surface area contributed by atoms with Crippen molar-refractivity contribution in [3.63, 3.8) is 0 Å². The predicted octanol–water partition coefficient (Wildman–Crippen LogP) is 6.22. The highest BCUT2D eigenvalue weighted by Crippen LogP contribution is 2.31. The van der Waals surface area contributed by atoms with Crippen molar-refractivity contribution in [3.8, 4) is 11.3 Å².